The summed E-state index contributed by atoms with van der Waals surface area (Å²) in [5.74, 6) is 1.07. The number of carbonyl (C=O) groups excluding carboxylic acids is 1. The molecule has 0 atom stereocenters. The van der Waals surface area contributed by atoms with Crippen molar-refractivity contribution in [2.75, 3.05) is 0 Å². The molecule has 1 aliphatic rings. The van der Waals surface area contributed by atoms with Crippen LogP contribution in [0.3, 0.4) is 0 Å². The highest BCUT2D eigenvalue weighted by Gasteiger charge is 2.32. The molecule has 1 amide bonds. The van der Waals surface area contributed by atoms with E-state index in [0.29, 0.717) is 25.6 Å². The van der Waals surface area contributed by atoms with Crippen LogP contribution in [0.15, 0.2) is 60.0 Å². The monoisotopic (exact) mass is 392 g/mol. The Hall–Kier alpha value is -2.66. The summed E-state index contributed by atoms with van der Waals surface area (Å²) in [7, 11) is 0. The average molecular weight is 393 g/mol. The normalized spacial score (nSPS) is 13.3. The summed E-state index contributed by atoms with van der Waals surface area (Å²) in [6, 6.07) is 18.3. The van der Waals surface area contributed by atoms with Crippen LogP contribution in [-0.2, 0) is 24.4 Å². The van der Waals surface area contributed by atoms with E-state index in [0.717, 1.165) is 40.4 Å². The highest BCUT2D eigenvalue weighted by molar-refractivity contribution is 7.09. The Bertz CT molecular complexity index is 935. The molecular formula is C23H24N2O2S. The van der Waals surface area contributed by atoms with Crippen LogP contribution in [0.2, 0.25) is 0 Å². The second kappa shape index (κ2) is 8.57. The molecule has 1 aliphatic carbocycles. The molecule has 3 aromatic rings. The van der Waals surface area contributed by atoms with Crippen LogP contribution in [0.4, 0.5) is 0 Å². The molecular weight excluding hydrogens is 368 g/mol. The van der Waals surface area contributed by atoms with Crippen LogP contribution in [0.1, 0.15) is 34.7 Å². The maximum absolute atomic E-state index is 12.8. The van der Waals surface area contributed by atoms with Crippen molar-refractivity contribution in [2.45, 2.75) is 45.4 Å². The van der Waals surface area contributed by atoms with Crippen LogP contribution >= 0.6 is 11.3 Å². The fourth-order valence-electron chi connectivity index (χ4n) is 3.20. The lowest BCUT2D eigenvalue weighted by molar-refractivity contribution is -0.131. The number of thiazole rings is 1. The van der Waals surface area contributed by atoms with Crippen LogP contribution < -0.4 is 4.74 Å². The van der Waals surface area contributed by atoms with Gasteiger partial charge in [-0.1, -0.05) is 48.5 Å². The Labute approximate surface area is 169 Å². The largest absolute Gasteiger partial charge is 0.486 e. The molecule has 0 N–H and O–H groups in total. The molecule has 1 aromatic heterocycles. The number of rotatable bonds is 8. The van der Waals surface area contributed by atoms with Crippen molar-refractivity contribution in [1.82, 2.24) is 9.88 Å². The Morgan fingerprint density at radius 2 is 1.89 bits per heavy atom. The van der Waals surface area contributed by atoms with Crippen molar-refractivity contribution in [3.05, 3.63) is 81.8 Å². The van der Waals surface area contributed by atoms with E-state index in [2.05, 4.69) is 0 Å². The van der Waals surface area contributed by atoms with Crippen molar-refractivity contribution in [1.29, 1.82) is 0 Å². The number of amides is 1. The van der Waals surface area contributed by atoms with Gasteiger partial charge >= 0.3 is 0 Å². The highest BCUT2D eigenvalue weighted by atomic mass is 32.1. The minimum Gasteiger partial charge on any atom is -0.486 e. The van der Waals surface area contributed by atoms with Crippen LogP contribution in [0.25, 0.3) is 0 Å². The summed E-state index contributed by atoms with van der Waals surface area (Å²) in [6.45, 7) is 3.07. The van der Waals surface area contributed by atoms with Gasteiger partial charge in [0.1, 0.15) is 17.4 Å². The molecule has 1 heterocycles. The molecule has 1 fully saturated rings. The van der Waals surface area contributed by atoms with Gasteiger partial charge in [-0.2, -0.15) is 0 Å². The van der Waals surface area contributed by atoms with Gasteiger partial charge in [-0.05, 0) is 37.0 Å². The van der Waals surface area contributed by atoms with E-state index in [1.54, 1.807) is 11.3 Å². The number of ether oxygens (including phenoxy) is 1. The summed E-state index contributed by atoms with van der Waals surface area (Å²) in [5.41, 5.74) is 3.12. The topological polar surface area (TPSA) is 42.4 Å². The number of aryl methyl sites for hydroxylation is 1. The van der Waals surface area contributed by atoms with E-state index >= 15 is 0 Å². The number of aromatic nitrogens is 1. The Morgan fingerprint density at radius 3 is 2.64 bits per heavy atom. The van der Waals surface area contributed by atoms with E-state index in [-0.39, 0.29) is 5.91 Å². The SMILES string of the molecule is Cc1ccccc1OCc1nc(CN(C(=O)Cc2ccccc2)C2CC2)cs1. The number of nitrogens with zero attached hydrogens (tertiary/aromatic N) is 2. The predicted octanol–water partition coefficient (Wildman–Crippen LogP) is 4.76. The third-order valence-electron chi connectivity index (χ3n) is 4.88. The summed E-state index contributed by atoms with van der Waals surface area (Å²) in [6.07, 6.45) is 2.63. The maximum Gasteiger partial charge on any atom is 0.227 e. The first-order valence-corrected chi connectivity index (χ1v) is 10.5. The lowest BCUT2D eigenvalue weighted by Crippen LogP contribution is -2.33. The first-order chi connectivity index (χ1) is 13.7. The Balaban J connectivity index is 1.37. The van der Waals surface area contributed by atoms with Crippen molar-refractivity contribution >= 4 is 17.2 Å². The van der Waals surface area contributed by atoms with Crippen LogP contribution in [-0.4, -0.2) is 21.8 Å². The Kier molecular flexibility index (Phi) is 5.72. The zero-order valence-electron chi connectivity index (χ0n) is 16.0. The molecule has 4 nitrogen and oxygen atoms in total. The number of para-hydroxylation sites is 1. The molecule has 4 rings (SSSR count). The highest BCUT2D eigenvalue weighted by Crippen LogP contribution is 2.29. The van der Waals surface area contributed by atoms with Gasteiger partial charge in [0.2, 0.25) is 5.91 Å². The zero-order valence-corrected chi connectivity index (χ0v) is 16.8. The summed E-state index contributed by atoms with van der Waals surface area (Å²) >= 11 is 1.59. The van der Waals surface area contributed by atoms with E-state index < -0.39 is 0 Å². The first-order valence-electron chi connectivity index (χ1n) is 9.64. The standard InChI is InChI=1S/C23H24N2O2S/c1-17-7-5-6-10-21(17)27-15-22-24-19(16-28-22)14-25(20-11-12-20)23(26)13-18-8-3-2-4-9-18/h2-10,16,20H,11-15H2,1H3. The molecule has 28 heavy (non-hydrogen) atoms. The van der Waals surface area contributed by atoms with Gasteiger partial charge in [0.15, 0.2) is 0 Å². The quantitative estimate of drug-likeness (QED) is 0.555. The molecule has 0 aliphatic heterocycles. The zero-order chi connectivity index (χ0) is 19.3. The van der Waals surface area contributed by atoms with Crippen LogP contribution in [0, 0.1) is 6.92 Å². The van der Waals surface area contributed by atoms with E-state index in [1.165, 1.54) is 0 Å². The van der Waals surface area contributed by atoms with Gasteiger partial charge in [0.05, 0.1) is 18.7 Å². The summed E-state index contributed by atoms with van der Waals surface area (Å²) in [5, 5.41) is 2.98. The smallest absolute Gasteiger partial charge is 0.227 e. The summed E-state index contributed by atoms with van der Waals surface area (Å²) < 4.78 is 5.89. The van der Waals surface area contributed by atoms with Gasteiger partial charge in [-0.15, -0.1) is 11.3 Å². The van der Waals surface area contributed by atoms with Gasteiger partial charge in [-0.25, -0.2) is 4.98 Å². The average Bonchev–Trinajstić information content (AvgIpc) is 3.45. The number of hydrogen-bond acceptors (Lipinski definition) is 4. The molecule has 0 radical (unpaired) electrons. The van der Waals surface area contributed by atoms with E-state index in [4.69, 9.17) is 9.72 Å². The molecule has 5 heteroatoms. The first kappa shape index (κ1) is 18.7. The third-order valence-corrected chi connectivity index (χ3v) is 5.75. The molecule has 0 unspecified atom stereocenters. The predicted molar refractivity (Wildman–Crippen MR) is 111 cm³/mol. The molecule has 0 bridgehead atoms. The third kappa shape index (κ3) is 4.78. The second-order valence-corrected chi connectivity index (χ2v) is 8.14. The molecule has 2 aromatic carbocycles. The maximum atomic E-state index is 12.8. The van der Waals surface area contributed by atoms with Crippen molar-refractivity contribution in [2.24, 2.45) is 0 Å². The molecule has 144 valence electrons. The van der Waals surface area contributed by atoms with Crippen LogP contribution in [0.5, 0.6) is 5.75 Å². The fraction of sp³-hybridized carbons (Fsp3) is 0.304. The molecule has 0 saturated heterocycles. The number of benzene rings is 2. The van der Waals surface area contributed by atoms with Gasteiger partial charge in [0, 0.05) is 11.4 Å². The van der Waals surface area contributed by atoms with E-state index in [1.807, 2.05) is 71.8 Å². The fourth-order valence-corrected chi connectivity index (χ4v) is 3.90. The van der Waals surface area contributed by atoms with Gasteiger partial charge in [0.25, 0.3) is 0 Å². The van der Waals surface area contributed by atoms with Gasteiger partial charge < -0.3 is 9.64 Å². The van der Waals surface area contributed by atoms with Crippen molar-refractivity contribution < 1.29 is 9.53 Å². The minimum absolute atomic E-state index is 0.180. The Morgan fingerprint density at radius 1 is 1.14 bits per heavy atom. The van der Waals surface area contributed by atoms with Crippen molar-refractivity contribution in [3.63, 3.8) is 0 Å². The number of carbonyl (C=O) groups is 1. The van der Waals surface area contributed by atoms with Crippen molar-refractivity contribution in [3.8, 4) is 5.75 Å². The lowest BCUT2D eigenvalue weighted by atomic mass is 10.1. The summed E-state index contributed by atoms with van der Waals surface area (Å²) in [4.78, 5) is 19.5. The molecule has 1 saturated carbocycles. The second-order valence-electron chi connectivity index (χ2n) is 7.20. The number of hydrogen-bond donors (Lipinski definition) is 0. The minimum atomic E-state index is 0.180. The lowest BCUT2D eigenvalue weighted by Gasteiger charge is -2.21. The molecule has 0 spiro atoms. The van der Waals surface area contributed by atoms with E-state index in [9.17, 15) is 4.79 Å². The van der Waals surface area contributed by atoms with Gasteiger partial charge in [-0.3, -0.25) is 4.79 Å².